The van der Waals surface area contributed by atoms with Crippen molar-refractivity contribution in [2.24, 2.45) is 0 Å². The van der Waals surface area contributed by atoms with Gasteiger partial charge in [0.15, 0.2) is 5.43 Å². The molecule has 5 rings (SSSR count). The van der Waals surface area contributed by atoms with Crippen molar-refractivity contribution < 1.29 is 4.79 Å². The zero-order valence-corrected chi connectivity index (χ0v) is 19.5. The van der Waals surface area contributed by atoms with Gasteiger partial charge >= 0.3 is 0 Å². The molecule has 0 aliphatic heterocycles. The minimum atomic E-state index is -0.312. The van der Waals surface area contributed by atoms with Gasteiger partial charge < -0.3 is 10.3 Å². The number of pyridine rings is 4. The van der Waals surface area contributed by atoms with Gasteiger partial charge in [0.2, 0.25) is 5.91 Å². The monoisotopic (exact) mass is 481 g/mol. The van der Waals surface area contributed by atoms with Crippen molar-refractivity contribution in [3.05, 3.63) is 106 Å². The first-order valence-corrected chi connectivity index (χ1v) is 11.3. The van der Waals surface area contributed by atoms with Crippen molar-refractivity contribution in [2.45, 2.75) is 13.3 Å². The first-order chi connectivity index (χ1) is 17.0. The number of benzene rings is 1. The Bertz CT molecular complexity index is 1580. The van der Waals surface area contributed by atoms with E-state index >= 15 is 0 Å². The van der Waals surface area contributed by atoms with E-state index in [9.17, 15) is 9.59 Å². The number of carbonyl (C=O) groups excluding carboxylic acids is 1. The Hall–Kier alpha value is -4.36. The van der Waals surface area contributed by atoms with E-state index < -0.39 is 0 Å². The topological polar surface area (TPSA) is 101 Å². The summed E-state index contributed by atoms with van der Waals surface area (Å²) in [5.74, 6) is -0.312. The molecule has 0 fully saturated rings. The third-order valence-electron chi connectivity index (χ3n) is 5.52. The van der Waals surface area contributed by atoms with Gasteiger partial charge in [0.05, 0.1) is 29.4 Å². The maximum absolute atomic E-state index is 13.4. The van der Waals surface area contributed by atoms with Gasteiger partial charge in [-0.1, -0.05) is 41.9 Å². The number of aromatic nitrogens is 4. The first-order valence-electron chi connectivity index (χ1n) is 10.9. The number of fused-ring (bicyclic) bond motifs is 1. The van der Waals surface area contributed by atoms with Crippen LogP contribution in [-0.4, -0.2) is 25.8 Å². The Morgan fingerprint density at radius 1 is 1.03 bits per heavy atom. The SMILES string of the molecule is Cc1cc(-c2cc3c(=O)c(CC(=O)Nc4cccnc4)c[nH]c3nc2-c2ccccc2)cc(Cl)n1. The lowest BCUT2D eigenvalue weighted by Gasteiger charge is -2.13. The Morgan fingerprint density at radius 3 is 2.60 bits per heavy atom. The fourth-order valence-corrected chi connectivity index (χ4v) is 4.21. The van der Waals surface area contributed by atoms with Crippen LogP contribution < -0.4 is 10.7 Å². The molecule has 0 aliphatic carbocycles. The maximum Gasteiger partial charge on any atom is 0.229 e. The predicted molar refractivity (Wildman–Crippen MR) is 137 cm³/mol. The summed E-state index contributed by atoms with van der Waals surface area (Å²) >= 11 is 6.25. The van der Waals surface area contributed by atoms with Crippen LogP contribution in [0, 0.1) is 6.92 Å². The van der Waals surface area contributed by atoms with E-state index in [2.05, 4.69) is 20.3 Å². The molecule has 0 unspecified atom stereocenters. The van der Waals surface area contributed by atoms with Crippen molar-refractivity contribution in [1.29, 1.82) is 0 Å². The zero-order chi connectivity index (χ0) is 24.4. The molecular weight excluding hydrogens is 462 g/mol. The minimum Gasteiger partial charge on any atom is -0.346 e. The summed E-state index contributed by atoms with van der Waals surface area (Å²) in [5, 5.41) is 3.50. The van der Waals surface area contributed by atoms with E-state index in [0.717, 1.165) is 22.4 Å². The second-order valence-corrected chi connectivity index (χ2v) is 8.46. The second-order valence-electron chi connectivity index (χ2n) is 8.08. The molecule has 4 aromatic heterocycles. The van der Waals surface area contributed by atoms with Crippen molar-refractivity contribution in [2.75, 3.05) is 5.32 Å². The van der Waals surface area contributed by atoms with Gasteiger partial charge in [-0.2, -0.15) is 0 Å². The number of anilines is 1. The van der Waals surface area contributed by atoms with Gasteiger partial charge in [-0.05, 0) is 42.8 Å². The number of nitrogens with zero attached hydrogens (tertiary/aromatic N) is 3. The molecule has 0 saturated heterocycles. The van der Waals surface area contributed by atoms with Crippen molar-refractivity contribution in [3.8, 4) is 22.4 Å². The van der Waals surface area contributed by atoms with E-state index in [1.807, 2.05) is 43.3 Å². The fraction of sp³-hybridized carbons (Fsp3) is 0.0741. The lowest BCUT2D eigenvalue weighted by atomic mass is 9.97. The Morgan fingerprint density at radius 2 is 1.86 bits per heavy atom. The summed E-state index contributed by atoms with van der Waals surface area (Å²) in [5.41, 5.74) is 4.98. The highest BCUT2D eigenvalue weighted by Crippen LogP contribution is 2.33. The molecule has 0 spiro atoms. The molecule has 1 amide bonds. The first kappa shape index (κ1) is 22.4. The number of carbonyl (C=O) groups is 1. The Labute approximate surface area is 205 Å². The normalized spacial score (nSPS) is 10.9. The summed E-state index contributed by atoms with van der Waals surface area (Å²) in [6, 6.07) is 18.6. The van der Waals surface area contributed by atoms with Crippen LogP contribution in [0.25, 0.3) is 33.4 Å². The van der Waals surface area contributed by atoms with Crippen LogP contribution >= 0.6 is 11.6 Å². The molecule has 0 atom stereocenters. The second kappa shape index (κ2) is 9.48. The third kappa shape index (κ3) is 4.81. The number of amides is 1. The van der Waals surface area contributed by atoms with E-state index in [4.69, 9.17) is 16.6 Å². The zero-order valence-electron chi connectivity index (χ0n) is 18.7. The van der Waals surface area contributed by atoms with E-state index in [1.165, 1.54) is 0 Å². The van der Waals surface area contributed by atoms with Crippen molar-refractivity contribution in [3.63, 3.8) is 0 Å². The smallest absolute Gasteiger partial charge is 0.229 e. The standard InChI is InChI=1S/C27H20ClN5O2/c1-16-10-18(11-23(28)31-16)21-13-22-26(35)19(12-24(34)32-20-8-5-9-29-15-20)14-30-27(22)33-25(21)17-6-3-2-4-7-17/h2-11,13-15H,12H2,1H3,(H,32,34)(H,30,33,35). The Kier molecular flexibility index (Phi) is 6.08. The summed E-state index contributed by atoms with van der Waals surface area (Å²) in [4.78, 5) is 42.1. The van der Waals surface area contributed by atoms with E-state index in [1.54, 1.807) is 42.9 Å². The molecule has 35 heavy (non-hydrogen) atoms. The van der Waals surface area contributed by atoms with Crippen molar-refractivity contribution in [1.82, 2.24) is 19.9 Å². The molecule has 2 N–H and O–H groups in total. The fourth-order valence-electron chi connectivity index (χ4n) is 3.96. The quantitative estimate of drug-likeness (QED) is 0.336. The highest BCUT2D eigenvalue weighted by atomic mass is 35.5. The summed E-state index contributed by atoms with van der Waals surface area (Å²) in [6.45, 7) is 1.86. The third-order valence-corrected chi connectivity index (χ3v) is 5.71. The predicted octanol–water partition coefficient (Wildman–Crippen LogP) is 5.19. The molecule has 5 aromatic rings. The molecule has 0 saturated carbocycles. The molecule has 7 nitrogen and oxygen atoms in total. The van der Waals surface area contributed by atoms with E-state index in [-0.39, 0.29) is 17.8 Å². The van der Waals surface area contributed by atoms with Crippen molar-refractivity contribution >= 4 is 34.2 Å². The largest absolute Gasteiger partial charge is 0.346 e. The highest BCUT2D eigenvalue weighted by molar-refractivity contribution is 6.29. The van der Waals surface area contributed by atoms with Gasteiger partial charge in [-0.15, -0.1) is 0 Å². The summed E-state index contributed by atoms with van der Waals surface area (Å²) in [6.07, 6.45) is 4.62. The van der Waals surface area contributed by atoms with Crippen LogP contribution in [0.3, 0.4) is 0 Å². The summed E-state index contributed by atoms with van der Waals surface area (Å²) in [7, 11) is 0. The van der Waals surface area contributed by atoms with E-state index in [0.29, 0.717) is 33.1 Å². The minimum absolute atomic E-state index is 0.0872. The molecule has 8 heteroatoms. The number of hydrogen-bond acceptors (Lipinski definition) is 5. The molecule has 1 aromatic carbocycles. The molecular formula is C27H20ClN5O2. The van der Waals surface area contributed by atoms with Gasteiger partial charge in [0.25, 0.3) is 0 Å². The highest BCUT2D eigenvalue weighted by Gasteiger charge is 2.17. The lowest BCUT2D eigenvalue weighted by molar-refractivity contribution is -0.115. The average molecular weight is 482 g/mol. The molecule has 4 heterocycles. The van der Waals surface area contributed by atoms with Gasteiger partial charge in [-0.3, -0.25) is 14.6 Å². The van der Waals surface area contributed by atoms with Crippen LogP contribution in [0.2, 0.25) is 5.15 Å². The number of halogens is 1. The van der Waals surface area contributed by atoms with Crippen LogP contribution in [0.5, 0.6) is 0 Å². The van der Waals surface area contributed by atoms with Crippen LogP contribution in [0.15, 0.2) is 84.0 Å². The molecule has 0 bridgehead atoms. The summed E-state index contributed by atoms with van der Waals surface area (Å²) < 4.78 is 0. The molecule has 0 radical (unpaired) electrons. The maximum atomic E-state index is 13.4. The van der Waals surface area contributed by atoms with Gasteiger partial charge in [-0.25, -0.2) is 9.97 Å². The van der Waals surface area contributed by atoms with Crippen LogP contribution in [0.1, 0.15) is 11.3 Å². The van der Waals surface area contributed by atoms with Crippen LogP contribution in [-0.2, 0) is 11.2 Å². The average Bonchev–Trinajstić information content (AvgIpc) is 2.86. The number of H-pyrrole nitrogens is 1. The molecule has 172 valence electrons. The molecule has 0 aliphatic rings. The van der Waals surface area contributed by atoms with Gasteiger partial charge in [0.1, 0.15) is 10.8 Å². The Balaban J connectivity index is 1.62. The number of hydrogen-bond donors (Lipinski definition) is 2. The number of aromatic amines is 1. The number of aryl methyl sites for hydroxylation is 1. The number of rotatable bonds is 5. The van der Waals surface area contributed by atoms with Crippen LogP contribution in [0.4, 0.5) is 5.69 Å². The van der Waals surface area contributed by atoms with Gasteiger partial charge in [0, 0.05) is 34.8 Å². The number of nitrogens with one attached hydrogen (secondary N) is 2. The lowest BCUT2D eigenvalue weighted by Crippen LogP contribution is -2.20.